The lowest BCUT2D eigenvalue weighted by Crippen LogP contribution is -2.46. The Bertz CT molecular complexity index is 729. The summed E-state index contributed by atoms with van der Waals surface area (Å²) in [7, 11) is 0. The summed E-state index contributed by atoms with van der Waals surface area (Å²) in [5, 5.41) is 10.8. The first kappa shape index (κ1) is 17.6. The van der Waals surface area contributed by atoms with Crippen LogP contribution in [0, 0.1) is 15.9 Å². The smallest absolute Gasteiger partial charge is 0.369 e. The van der Waals surface area contributed by atoms with Crippen LogP contribution >= 0.6 is 11.6 Å². The molecule has 2 heterocycles. The van der Waals surface area contributed by atoms with Crippen molar-refractivity contribution < 1.29 is 9.31 Å². The Labute approximate surface area is 149 Å². The van der Waals surface area contributed by atoms with Gasteiger partial charge in [0.15, 0.2) is 0 Å². The van der Waals surface area contributed by atoms with Crippen LogP contribution in [0.2, 0.25) is 5.28 Å². The standard InChI is InChI=1S/C16H19ClFN5O2/c17-16-19-15(23(24)25)12-22(16)7-1-6-20-8-10-21(11-9-20)14-4-2-13(18)3-5-14/h2-5,12H,1,6-11H2. The molecule has 2 aromatic rings. The maximum Gasteiger partial charge on any atom is 0.383 e. The molecule has 0 spiro atoms. The normalized spacial score (nSPS) is 15.5. The van der Waals surface area contributed by atoms with Gasteiger partial charge in [-0.05, 0) is 58.7 Å². The van der Waals surface area contributed by atoms with Gasteiger partial charge in [0, 0.05) is 38.4 Å². The van der Waals surface area contributed by atoms with Crippen molar-refractivity contribution in [2.45, 2.75) is 13.0 Å². The zero-order valence-electron chi connectivity index (χ0n) is 13.6. The van der Waals surface area contributed by atoms with E-state index < -0.39 is 4.92 Å². The topological polar surface area (TPSA) is 67.4 Å². The second kappa shape index (κ2) is 7.79. The van der Waals surface area contributed by atoms with E-state index in [0.717, 1.165) is 44.8 Å². The van der Waals surface area contributed by atoms with Gasteiger partial charge in [-0.1, -0.05) is 0 Å². The number of piperazine rings is 1. The second-order valence-corrected chi connectivity index (χ2v) is 6.32. The number of halogens is 2. The molecule has 1 aliphatic rings. The number of nitro groups is 1. The molecule has 0 aliphatic carbocycles. The molecule has 0 bridgehead atoms. The summed E-state index contributed by atoms with van der Waals surface area (Å²) in [6, 6.07) is 6.57. The lowest BCUT2D eigenvalue weighted by atomic mass is 10.2. The van der Waals surface area contributed by atoms with Crippen molar-refractivity contribution in [3.05, 3.63) is 51.7 Å². The minimum atomic E-state index is -0.545. The summed E-state index contributed by atoms with van der Waals surface area (Å²) >= 11 is 5.91. The Morgan fingerprint density at radius 1 is 1.16 bits per heavy atom. The average molecular weight is 368 g/mol. The predicted molar refractivity (Wildman–Crippen MR) is 93.6 cm³/mol. The second-order valence-electron chi connectivity index (χ2n) is 5.98. The molecule has 3 rings (SSSR count). The van der Waals surface area contributed by atoms with E-state index in [1.165, 1.54) is 18.3 Å². The van der Waals surface area contributed by atoms with Crippen LogP contribution in [0.15, 0.2) is 30.5 Å². The molecule has 0 saturated carbocycles. The van der Waals surface area contributed by atoms with Crippen molar-refractivity contribution in [3.8, 4) is 0 Å². The molecule has 1 aliphatic heterocycles. The molecule has 1 saturated heterocycles. The van der Waals surface area contributed by atoms with Crippen molar-refractivity contribution in [1.82, 2.24) is 14.5 Å². The van der Waals surface area contributed by atoms with Gasteiger partial charge in [-0.3, -0.25) is 9.47 Å². The number of hydrogen-bond acceptors (Lipinski definition) is 5. The van der Waals surface area contributed by atoms with Crippen molar-refractivity contribution in [1.29, 1.82) is 0 Å². The van der Waals surface area contributed by atoms with Crippen LogP contribution < -0.4 is 4.90 Å². The lowest BCUT2D eigenvalue weighted by Gasteiger charge is -2.36. The zero-order chi connectivity index (χ0) is 17.8. The number of imidazole rings is 1. The van der Waals surface area contributed by atoms with Gasteiger partial charge in [-0.2, -0.15) is 0 Å². The van der Waals surface area contributed by atoms with Gasteiger partial charge in [-0.15, -0.1) is 0 Å². The summed E-state index contributed by atoms with van der Waals surface area (Å²) in [5.41, 5.74) is 1.04. The molecule has 7 nitrogen and oxygen atoms in total. The molecule has 0 N–H and O–H groups in total. The molecule has 1 fully saturated rings. The first-order chi connectivity index (χ1) is 12.0. The van der Waals surface area contributed by atoms with Gasteiger partial charge < -0.3 is 15.0 Å². The van der Waals surface area contributed by atoms with Crippen molar-refractivity contribution in [3.63, 3.8) is 0 Å². The molecule has 1 aromatic carbocycles. The maximum absolute atomic E-state index is 13.0. The fourth-order valence-electron chi connectivity index (χ4n) is 2.97. The molecule has 0 unspecified atom stereocenters. The largest absolute Gasteiger partial charge is 0.383 e. The quantitative estimate of drug-likeness (QED) is 0.580. The third-order valence-corrected chi connectivity index (χ3v) is 4.64. The molecule has 0 amide bonds. The van der Waals surface area contributed by atoms with Gasteiger partial charge in [-0.25, -0.2) is 4.39 Å². The summed E-state index contributed by atoms with van der Waals surface area (Å²) in [6.07, 6.45) is 2.21. The number of anilines is 1. The highest BCUT2D eigenvalue weighted by Crippen LogP contribution is 2.18. The van der Waals surface area contributed by atoms with Crippen molar-refractivity contribution in [2.75, 3.05) is 37.6 Å². The number of aryl methyl sites for hydroxylation is 1. The number of hydrogen-bond donors (Lipinski definition) is 0. The first-order valence-electron chi connectivity index (χ1n) is 8.13. The van der Waals surface area contributed by atoms with Crippen molar-refractivity contribution in [2.24, 2.45) is 0 Å². The van der Waals surface area contributed by atoms with E-state index in [0.29, 0.717) is 6.54 Å². The Hall–Kier alpha value is -2.19. The maximum atomic E-state index is 13.0. The highest BCUT2D eigenvalue weighted by Gasteiger charge is 2.19. The van der Waals surface area contributed by atoms with E-state index in [2.05, 4.69) is 14.8 Å². The summed E-state index contributed by atoms with van der Waals surface area (Å²) in [5.74, 6) is -0.446. The Kier molecular flexibility index (Phi) is 5.50. The van der Waals surface area contributed by atoms with Crippen LogP contribution in [0.1, 0.15) is 6.42 Å². The van der Waals surface area contributed by atoms with Crippen LogP contribution in [0.4, 0.5) is 15.9 Å². The average Bonchev–Trinajstić information content (AvgIpc) is 2.98. The van der Waals surface area contributed by atoms with E-state index >= 15 is 0 Å². The monoisotopic (exact) mass is 367 g/mol. The van der Waals surface area contributed by atoms with Gasteiger partial charge in [0.05, 0.1) is 0 Å². The molecular formula is C16H19ClFN5O2. The predicted octanol–water partition coefficient (Wildman–Crippen LogP) is 2.80. The number of rotatable bonds is 6. The Morgan fingerprint density at radius 3 is 2.44 bits per heavy atom. The molecule has 0 atom stereocenters. The zero-order valence-corrected chi connectivity index (χ0v) is 14.4. The van der Waals surface area contributed by atoms with Crippen LogP contribution in [0.5, 0.6) is 0 Å². The number of nitrogens with zero attached hydrogens (tertiary/aromatic N) is 5. The van der Waals surface area contributed by atoms with Crippen LogP contribution in [-0.4, -0.2) is 52.1 Å². The Morgan fingerprint density at radius 2 is 1.84 bits per heavy atom. The highest BCUT2D eigenvalue weighted by molar-refractivity contribution is 6.28. The SMILES string of the molecule is O=[N+]([O-])c1cn(CCCN2CCN(c3ccc(F)cc3)CC2)c(Cl)n1. The number of benzene rings is 1. The summed E-state index contributed by atoms with van der Waals surface area (Å²) < 4.78 is 14.6. The minimum Gasteiger partial charge on any atom is -0.369 e. The summed E-state index contributed by atoms with van der Waals surface area (Å²) in [6.45, 7) is 5.12. The molecule has 0 radical (unpaired) electrons. The van der Waals surface area contributed by atoms with Gasteiger partial charge in [0.25, 0.3) is 0 Å². The van der Waals surface area contributed by atoms with E-state index in [-0.39, 0.29) is 16.9 Å². The van der Waals surface area contributed by atoms with Gasteiger partial charge in [0.1, 0.15) is 12.0 Å². The molecular weight excluding hydrogens is 349 g/mol. The minimum absolute atomic E-state index is 0.146. The highest BCUT2D eigenvalue weighted by atomic mass is 35.5. The van der Waals surface area contributed by atoms with Crippen LogP contribution in [0.3, 0.4) is 0 Å². The van der Waals surface area contributed by atoms with E-state index in [4.69, 9.17) is 11.6 Å². The molecule has 25 heavy (non-hydrogen) atoms. The lowest BCUT2D eigenvalue weighted by molar-refractivity contribution is -0.389. The Balaban J connectivity index is 1.43. The number of aromatic nitrogens is 2. The van der Waals surface area contributed by atoms with Gasteiger partial charge in [0.2, 0.25) is 0 Å². The van der Waals surface area contributed by atoms with Crippen LogP contribution in [-0.2, 0) is 6.54 Å². The van der Waals surface area contributed by atoms with Crippen molar-refractivity contribution >= 4 is 23.1 Å². The van der Waals surface area contributed by atoms with Crippen LogP contribution in [0.25, 0.3) is 0 Å². The van der Waals surface area contributed by atoms with E-state index in [1.807, 2.05) is 0 Å². The third kappa shape index (κ3) is 4.46. The third-order valence-electron chi connectivity index (χ3n) is 4.34. The fourth-order valence-corrected chi connectivity index (χ4v) is 3.19. The van der Waals surface area contributed by atoms with Gasteiger partial charge >= 0.3 is 11.1 Å². The molecule has 1 aromatic heterocycles. The summed E-state index contributed by atoms with van der Waals surface area (Å²) in [4.78, 5) is 18.4. The van der Waals surface area contributed by atoms with E-state index in [1.54, 1.807) is 16.7 Å². The molecule has 9 heteroatoms. The van der Waals surface area contributed by atoms with E-state index in [9.17, 15) is 14.5 Å². The molecule has 134 valence electrons. The first-order valence-corrected chi connectivity index (χ1v) is 8.50. The fraction of sp³-hybridized carbons (Fsp3) is 0.438.